The molecule has 3 fully saturated rings. The number of rotatable bonds is 15. The van der Waals surface area contributed by atoms with Gasteiger partial charge >= 0.3 is 0 Å². The molecule has 4 rings (SSSR count). The SMILES string of the molecule is C=CCN(CCCCC)C(=O)C1N([C@H](CO)c2ccccc2)C(=O)[C@@H]2[C@@H](C(=O)N(CC=C)CCC)[C@H]3CCC12S3. The maximum Gasteiger partial charge on any atom is 0.247 e. The van der Waals surface area contributed by atoms with Crippen molar-refractivity contribution in [2.45, 2.75) is 74.5 Å². The Morgan fingerprint density at radius 1 is 1.07 bits per heavy atom. The van der Waals surface area contributed by atoms with E-state index in [0.717, 1.165) is 37.7 Å². The largest absolute Gasteiger partial charge is 0.394 e. The molecule has 1 aromatic carbocycles. The Morgan fingerprint density at radius 2 is 1.75 bits per heavy atom. The van der Waals surface area contributed by atoms with E-state index in [4.69, 9.17) is 0 Å². The molecule has 2 unspecified atom stereocenters. The summed E-state index contributed by atoms with van der Waals surface area (Å²) < 4.78 is -0.697. The molecule has 0 aromatic heterocycles. The summed E-state index contributed by atoms with van der Waals surface area (Å²) in [4.78, 5) is 48.5. The lowest BCUT2D eigenvalue weighted by Crippen LogP contribution is -2.56. The minimum atomic E-state index is -0.754. The van der Waals surface area contributed by atoms with Crippen molar-refractivity contribution in [2.24, 2.45) is 11.8 Å². The summed E-state index contributed by atoms with van der Waals surface area (Å²) in [5.74, 6) is -1.38. The molecule has 3 amide bonds. The molecule has 1 aromatic rings. The number of carbonyl (C=O) groups is 3. The molecule has 2 bridgehead atoms. The van der Waals surface area contributed by atoms with Crippen molar-refractivity contribution in [2.75, 3.05) is 32.8 Å². The minimum Gasteiger partial charge on any atom is -0.394 e. The fourth-order valence-electron chi connectivity index (χ4n) is 7.12. The first-order chi connectivity index (χ1) is 19.4. The van der Waals surface area contributed by atoms with E-state index in [1.54, 1.807) is 28.8 Å². The van der Waals surface area contributed by atoms with Crippen molar-refractivity contribution < 1.29 is 19.5 Å². The van der Waals surface area contributed by atoms with Crippen LogP contribution in [0.3, 0.4) is 0 Å². The predicted octanol–water partition coefficient (Wildman–Crippen LogP) is 4.44. The van der Waals surface area contributed by atoms with Crippen molar-refractivity contribution >= 4 is 29.5 Å². The number of aliphatic hydroxyl groups is 1. The standard InChI is InChI=1S/C32H45N3O4S/c1-5-9-13-21-34(20-8-4)31(39)28-32-17-16-25(40-32)26(29(37)33(18-6-2)19-7-3)27(32)30(38)35(28)24(22-36)23-14-11-10-12-15-23/h6,8,10-12,14-15,24-28,36H,2,4-5,7,9,13,16-22H2,1,3H3/t24-,25-,26+,27+,28?,32?/m1/s1. The number of hydrogen-bond acceptors (Lipinski definition) is 5. The fraction of sp³-hybridized carbons (Fsp3) is 0.594. The summed E-state index contributed by atoms with van der Waals surface area (Å²) in [5.41, 5.74) is 0.787. The van der Waals surface area contributed by atoms with Crippen molar-refractivity contribution in [1.29, 1.82) is 0 Å². The molecule has 3 heterocycles. The second-order valence-corrected chi connectivity index (χ2v) is 12.9. The summed E-state index contributed by atoms with van der Waals surface area (Å²) >= 11 is 1.68. The first-order valence-electron chi connectivity index (χ1n) is 14.8. The van der Waals surface area contributed by atoms with Gasteiger partial charge in [-0.2, -0.15) is 0 Å². The Bertz CT molecular complexity index is 1080. The third kappa shape index (κ3) is 5.37. The van der Waals surface area contributed by atoms with Gasteiger partial charge in [0, 0.05) is 31.4 Å². The third-order valence-electron chi connectivity index (χ3n) is 8.80. The van der Waals surface area contributed by atoms with Crippen LogP contribution in [0.15, 0.2) is 55.6 Å². The molecule has 3 aliphatic rings. The summed E-state index contributed by atoms with van der Waals surface area (Å²) in [7, 11) is 0. The van der Waals surface area contributed by atoms with Crippen LogP contribution in [-0.4, -0.2) is 86.4 Å². The third-order valence-corrected chi connectivity index (χ3v) is 10.7. The number of carbonyl (C=O) groups excluding carboxylic acids is 3. The monoisotopic (exact) mass is 567 g/mol. The van der Waals surface area contributed by atoms with Gasteiger partial charge in [0.25, 0.3) is 0 Å². The Kier molecular flexibility index (Phi) is 10.2. The summed E-state index contributed by atoms with van der Waals surface area (Å²) in [6.45, 7) is 13.6. The highest BCUT2D eigenvalue weighted by Crippen LogP contribution is 2.67. The average Bonchev–Trinajstić information content (AvgIpc) is 3.61. The van der Waals surface area contributed by atoms with Gasteiger partial charge in [0.1, 0.15) is 6.04 Å². The van der Waals surface area contributed by atoms with Crippen LogP contribution in [-0.2, 0) is 14.4 Å². The highest BCUT2D eigenvalue weighted by Gasteiger charge is 2.74. The fourth-order valence-corrected chi connectivity index (χ4v) is 9.31. The molecule has 0 saturated carbocycles. The van der Waals surface area contributed by atoms with E-state index in [2.05, 4.69) is 20.1 Å². The predicted molar refractivity (Wildman–Crippen MR) is 161 cm³/mol. The molecule has 1 N–H and O–H groups in total. The Hall–Kier alpha value is -2.58. The van der Waals surface area contributed by atoms with Crippen LogP contribution in [0, 0.1) is 11.8 Å². The van der Waals surface area contributed by atoms with Crippen LogP contribution < -0.4 is 0 Å². The van der Waals surface area contributed by atoms with Gasteiger partial charge in [-0.25, -0.2) is 0 Å². The number of hydrogen-bond donors (Lipinski definition) is 1. The van der Waals surface area contributed by atoms with Crippen molar-refractivity contribution in [3.63, 3.8) is 0 Å². The number of aliphatic hydroxyl groups excluding tert-OH is 1. The number of fused-ring (bicyclic) bond motifs is 1. The number of nitrogens with zero attached hydrogens (tertiary/aromatic N) is 3. The summed E-state index contributed by atoms with van der Waals surface area (Å²) in [6.07, 6.45) is 8.71. The smallest absolute Gasteiger partial charge is 0.247 e. The molecule has 0 aliphatic carbocycles. The van der Waals surface area contributed by atoms with Crippen LogP contribution in [0.1, 0.15) is 64.0 Å². The average molecular weight is 568 g/mol. The van der Waals surface area contributed by atoms with Crippen LogP contribution in [0.4, 0.5) is 0 Å². The van der Waals surface area contributed by atoms with Crippen LogP contribution in [0.5, 0.6) is 0 Å². The molecular formula is C32H45N3O4S. The number of benzene rings is 1. The lowest BCUT2D eigenvalue weighted by Gasteiger charge is -2.40. The minimum absolute atomic E-state index is 0.000295. The van der Waals surface area contributed by atoms with Crippen molar-refractivity contribution in [1.82, 2.24) is 14.7 Å². The molecule has 7 nitrogen and oxygen atoms in total. The first-order valence-corrected chi connectivity index (χ1v) is 15.7. The van der Waals surface area contributed by atoms with E-state index in [0.29, 0.717) is 32.6 Å². The molecule has 0 radical (unpaired) electrons. The van der Waals surface area contributed by atoms with Gasteiger partial charge in [-0.3, -0.25) is 14.4 Å². The highest BCUT2D eigenvalue weighted by atomic mass is 32.2. The highest BCUT2D eigenvalue weighted by molar-refractivity contribution is 8.02. The van der Waals surface area contributed by atoms with Gasteiger partial charge in [-0.15, -0.1) is 24.9 Å². The van der Waals surface area contributed by atoms with Crippen LogP contribution >= 0.6 is 11.8 Å². The van der Waals surface area contributed by atoms with Gasteiger partial charge in [-0.1, -0.05) is 69.2 Å². The van der Waals surface area contributed by atoms with Gasteiger partial charge in [-0.05, 0) is 31.2 Å². The second kappa shape index (κ2) is 13.4. The maximum absolute atomic E-state index is 14.6. The molecule has 218 valence electrons. The number of thioether (sulfide) groups is 1. The topological polar surface area (TPSA) is 81.2 Å². The van der Waals surface area contributed by atoms with E-state index in [9.17, 15) is 19.5 Å². The van der Waals surface area contributed by atoms with E-state index in [1.807, 2.05) is 47.1 Å². The Labute approximate surface area is 243 Å². The van der Waals surface area contributed by atoms with E-state index in [1.165, 1.54) is 0 Å². The molecule has 6 atom stereocenters. The molecular weight excluding hydrogens is 522 g/mol. The summed E-state index contributed by atoms with van der Waals surface area (Å²) in [6, 6.07) is 8.03. The number of unbranched alkanes of at least 4 members (excludes halogenated alkanes) is 2. The van der Waals surface area contributed by atoms with Gasteiger partial charge in [0.05, 0.1) is 29.2 Å². The number of amides is 3. The van der Waals surface area contributed by atoms with Gasteiger partial charge < -0.3 is 19.8 Å². The van der Waals surface area contributed by atoms with E-state index < -0.39 is 28.7 Å². The van der Waals surface area contributed by atoms with Gasteiger partial charge in [0.15, 0.2) is 0 Å². The number of likely N-dealkylation sites (tertiary alicyclic amines) is 1. The normalized spacial score (nSPS) is 27.4. The molecule has 40 heavy (non-hydrogen) atoms. The molecule has 3 aliphatic heterocycles. The zero-order valence-corrected chi connectivity index (χ0v) is 24.9. The summed E-state index contributed by atoms with van der Waals surface area (Å²) in [5, 5.41) is 10.7. The van der Waals surface area contributed by atoms with Crippen molar-refractivity contribution in [3.8, 4) is 0 Å². The lowest BCUT2D eigenvalue weighted by molar-refractivity contribution is -0.147. The molecule has 1 spiro atoms. The maximum atomic E-state index is 14.6. The van der Waals surface area contributed by atoms with E-state index >= 15 is 0 Å². The second-order valence-electron chi connectivity index (χ2n) is 11.3. The molecule has 8 heteroatoms. The zero-order valence-electron chi connectivity index (χ0n) is 24.0. The van der Waals surface area contributed by atoms with Gasteiger partial charge in [0.2, 0.25) is 17.7 Å². The lowest BCUT2D eigenvalue weighted by atomic mass is 9.70. The van der Waals surface area contributed by atoms with E-state index in [-0.39, 0.29) is 29.6 Å². The Morgan fingerprint density at radius 3 is 2.35 bits per heavy atom. The van der Waals surface area contributed by atoms with Crippen LogP contribution in [0.2, 0.25) is 0 Å². The quantitative estimate of drug-likeness (QED) is 0.250. The first kappa shape index (κ1) is 30.4. The van der Waals surface area contributed by atoms with Crippen LogP contribution in [0.25, 0.3) is 0 Å². The molecule has 3 saturated heterocycles. The Balaban J connectivity index is 1.79. The zero-order chi connectivity index (χ0) is 28.9. The van der Waals surface area contributed by atoms with Crippen molar-refractivity contribution in [3.05, 3.63) is 61.2 Å².